The molecular weight excluding hydrogens is 404 g/mol. The van der Waals surface area contributed by atoms with Gasteiger partial charge in [-0.25, -0.2) is 4.79 Å². The number of hydrogen-bond acceptors (Lipinski definition) is 5. The minimum absolute atomic E-state index is 0.0534. The third-order valence-corrected chi connectivity index (χ3v) is 6.07. The Morgan fingerprint density at radius 1 is 1.16 bits per heavy atom. The topological polar surface area (TPSA) is 54.0 Å². The van der Waals surface area contributed by atoms with Crippen LogP contribution < -0.4 is 4.74 Å². The number of hydrogen-bond donors (Lipinski definition) is 0. The SMILES string of the molecule is C=CCOc1cc(C)c2c(c1)/C=C/CC1OC(C)(C)OC1C(C)/C=C\[C@@H](C)C(C)OC2=O. The number of carbonyl (C=O) groups excluding carboxylic acids is 1. The van der Waals surface area contributed by atoms with Crippen LogP contribution in [0.15, 0.2) is 43.0 Å². The van der Waals surface area contributed by atoms with E-state index in [0.717, 1.165) is 11.1 Å². The van der Waals surface area contributed by atoms with Gasteiger partial charge in [-0.15, -0.1) is 0 Å². The van der Waals surface area contributed by atoms with Gasteiger partial charge in [-0.05, 0) is 57.4 Å². The molecule has 174 valence electrons. The Kier molecular flexibility index (Phi) is 7.63. The first-order chi connectivity index (χ1) is 15.1. The second-order valence-electron chi connectivity index (χ2n) is 9.29. The van der Waals surface area contributed by atoms with Crippen molar-refractivity contribution in [2.24, 2.45) is 11.8 Å². The fourth-order valence-electron chi connectivity index (χ4n) is 4.20. The fraction of sp³-hybridized carbons (Fsp3) is 0.519. The number of rotatable bonds is 3. The van der Waals surface area contributed by atoms with E-state index in [1.165, 1.54) is 0 Å². The molecule has 5 nitrogen and oxygen atoms in total. The number of cyclic esters (lactones) is 1. The summed E-state index contributed by atoms with van der Waals surface area (Å²) in [5, 5.41) is 0. The van der Waals surface area contributed by atoms with Gasteiger partial charge in [-0.2, -0.15) is 0 Å². The van der Waals surface area contributed by atoms with E-state index >= 15 is 0 Å². The van der Waals surface area contributed by atoms with Crippen molar-refractivity contribution in [3.8, 4) is 5.75 Å². The Morgan fingerprint density at radius 2 is 1.88 bits per heavy atom. The van der Waals surface area contributed by atoms with Gasteiger partial charge in [0.2, 0.25) is 0 Å². The lowest BCUT2D eigenvalue weighted by molar-refractivity contribution is -0.148. The summed E-state index contributed by atoms with van der Waals surface area (Å²) in [7, 11) is 0. The normalized spacial score (nSPS) is 32.1. The van der Waals surface area contributed by atoms with Crippen molar-refractivity contribution >= 4 is 12.0 Å². The van der Waals surface area contributed by atoms with Gasteiger partial charge in [0, 0.05) is 11.8 Å². The van der Waals surface area contributed by atoms with E-state index in [0.29, 0.717) is 24.3 Å². The summed E-state index contributed by atoms with van der Waals surface area (Å²) in [6.45, 7) is 16.0. The zero-order valence-corrected chi connectivity index (χ0v) is 20.1. The second-order valence-corrected chi connectivity index (χ2v) is 9.29. The molecular formula is C27H36O5. The molecule has 5 atom stereocenters. The van der Waals surface area contributed by atoms with Crippen LogP contribution in [-0.4, -0.2) is 36.7 Å². The van der Waals surface area contributed by atoms with Crippen LogP contribution in [0.4, 0.5) is 0 Å². The molecule has 0 radical (unpaired) electrons. The zero-order valence-electron chi connectivity index (χ0n) is 20.1. The van der Waals surface area contributed by atoms with E-state index in [2.05, 4.69) is 32.6 Å². The third-order valence-electron chi connectivity index (χ3n) is 6.07. The lowest BCUT2D eigenvalue weighted by Crippen LogP contribution is -2.29. The van der Waals surface area contributed by atoms with Crippen molar-refractivity contribution in [1.29, 1.82) is 0 Å². The molecule has 0 bridgehead atoms. The first-order valence-corrected chi connectivity index (χ1v) is 11.4. The van der Waals surface area contributed by atoms with Crippen molar-refractivity contribution in [1.82, 2.24) is 0 Å². The summed E-state index contributed by atoms with van der Waals surface area (Å²) in [6.07, 6.45) is 10.2. The Hall–Kier alpha value is -2.37. The molecule has 2 aliphatic rings. The lowest BCUT2D eigenvalue weighted by atomic mass is 9.94. The van der Waals surface area contributed by atoms with Crippen LogP contribution in [0.2, 0.25) is 0 Å². The average Bonchev–Trinajstić information content (AvgIpc) is 3.03. The predicted octanol–water partition coefficient (Wildman–Crippen LogP) is 5.87. The summed E-state index contributed by atoms with van der Waals surface area (Å²) in [5.41, 5.74) is 2.14. The maximum Gasteiger partial charge on any atom is 0.339 e. The van der Waals surface area contributed by atoms with Gasteiger partial charge < -0.3 is 18.9 Å². The molecule has 0 spiro atoms. The molecule has 0 aliphatic carbocycles. The van der Waals surface area contributed by atoms with Crippen LogP contribution in [0, 0.1) is 18.8 Å². The van der Waals surface area contributed by atoms with Crippen molar-refractivity contribution in [2.75, 3.05) is 6.61 Å². The highest BCUT2D eigenvalue weighted by atomic mass is 16.8. The Morgan fingerprint density at radius 3 is 2.59 bits per heavy atom. The zero-order chi connectivity index (χ0) is 23.5. The molecule has 5 heteroatoms. The lowest BCUT2D eigenvalue weighted by Gasteiger charge is -2.23. The maximum absolute atomic E-state index is 13.1. The van der Waals surface area contributed by atoms with Crippen LogP contribution >= 0.6 is 0 Å². The molecule has 1 saturated heterocycles. The Labute approximate surface area is 192 Å². The van der Waals surface area contributed by atoms with Crippen molar-refractivity contribution < 1.29 is 23.7 Å². The van der Waals surface area contributed by atoms with Gasteiger partial charge in [0.15, 0.2) is 5.79 Å². The minimum Gasteiger partial charge on any atom is -0.490 e. The maximum atomic E-state index is 13.1. The summed E-state index contributed by atoms with van der Waals surface area (Å²) in [5.74, 6) is -0.0337. The number of carbonyl (C=O) groups is 1. The van der Waals surface area contributed by atoms with Gasteiger partial charge in [-0.1, -0.05) is 50.8 Å². The van der Waals surface area contributed by atoms with Gasteiger partial charge >= 0.3 is 5.97 Å². The van der Waals surface area contributed by atoms with E-state index < -0.39 is 5.79 Å². The van der Waals surface area contributed by atoms with E-state index in [1.807, 2.05) is 52.0 Å². The summed E-state index contributed by atoms with van der Waals surface area (Å²) < 4.78 is 24.0. The van der Waals surface area contributed by atoms with Crippen LogP contribution in [0.25, 0.3) is 6.08 Å². The molecule has 32 heavy (non-hydrogen) atoms. The first kappa shape index (κ1) is 24.3. The molecule has 0 amide bonds. The highest BCUT2D eigenvalue weighted by Gasteiger charge is 2.42. The molecule has 1 aromatic rings. The van der Waals surface area contributed by atoms with Crippen molar-refractivity contribution in [2.45, 2.75) is 72.1 Å². The molecule has 1 fully saturated rings. The third kappa shape index (κ3) is 5.70. The molecule has 3 rings (SSSR count). The van der Waals surface area contributed by atoms with E-state index in [1.54, 1.807) is 6.08 Å². The standard InChI is InChI=1S/C27H36O5/c1-8-14-29-22-15-19(4)24-21(16-22)10-9-11-23-25(32-27(6,7)31-23)18(3)13-12-17(2)20(5)30-26(24)28/h8-10,12-13,15-18,20,23,25H,1,11,14H2,2-7H3/b10-9+,13-12-/t17-,18?,20?,23?,25?/m1/s1. The number of fused-ring (bicyclic) bond motifs is 2. The number of esters is 1. The van der Waals surface area contributed by atoms with Crippen LogP contribution in [0.1, 0.15) is 62.5 Å². The van der Waals surface area contributed by atoms with E-state index in [4.69, 9.17) is 18.9 Å². The Balaban J connectivity index is 2.02. The summed E-state index contributed by atoms with van der Waals surface area (Å²) in [6, 6.07) is 3.74. The van der Waals surface area contributed by atoms with Crippen LogP contribution in [0.5, 0.6) is 5.75 Å². The van der Waals surface area contributed by atoms with Gasteiger partial charge in [0.1, 0.15) is 18.5 Å². The fourth-order valence-corrected chi connectivity index (χ4v) is 4.20. The van der Waals surface area contributed by atoms with Gasteiger partial charge in [0.25, 0.3) is 0 Å². The summed E-state index contributed by atoms with van der Waals surface area (Å²) >= 11 is 0. The average molecular weight is 441 g/mol. The van der Waals surface area contributed by atoms with Gasteiger partial charge in [-0.3, -0.25) is 0 Å². The van der Waals surface area contributed by atoms with E-state index in [-0.39, 0.29) is 36.1 Å². The van der Waals surface area contributed by atoms with E-state index in [9.17, 15) is 4.79 Å². The first-order valence-electron chi connectivity index (χ1n) is 11.4. The highest BCUT2D eigenvalue weighted by molar-refractivity contribution is 5.95. The largest absolute Gasteiger partial charge is 0.490 e. The molecule has 2 aliphatic heterocycles. The number of ether oxygens (including phenoxy) is 4. The van der Waals surface area contributed by atoms with Gasteiger partial charge in [0.05, 0.1) is 17.8 Å². The molecule has 1 aromatic carbocycles. The monoisotopic (exact) mass is 440 g/mol. The molecule has 0 saturated carbocycles. The quantitative estimate of drug-likeness (QED) is 0.435. The Bertz CT molecular complexity index is 898. The number of aryl methyl sites for hydroxylation is 1. The van der Waals surface area contributed by atoms with Crippen molar-refractivity contribution in [3.63, 3.8) is 0 Å². The minimum atomic E-state index is -0.628. The predicted molar refractivity (Wildman–Crippen MR) is 127 cm³/mol. The second kappa shape index (κ2) is 10.1. The number of benzene rings is 1. The molecule has 0 aromatic heterocycles. The van der Waals surface area contributed by atoms with Crippen molar-refractivity contribution in [3.05, 3.63) is 59.7 Å². The highest BCUT2D eigenvalue weighted by Crippen LogP contribution is 2.35. The van der Waals surface area contributed by atoms with Crippen LogP contribution in [-0.2, 0) is 14.2 Å². The molecule has 4 unspecified atom stereocenters. The van der Waals surface area contributed by atoms with Crippen LogP contribution in [0.3, 0.4) is 0 Å². The summed E-state index contributed by atoms with van der Waals surface area (Å²) in [4.78, 5) is 13.1. The molecule has 0 N–H and O–H groups in total. The smallest absolute Gasteiger partial charge is 0.339 e. The molecule has 2 heterocycles.